The van der Waals surface area contributed by atoms with E-state index in [1.54, 1.807) is 43.3 Å². The van der Waals surface area contributed by atoms with E-state index in [-0.39, 0.29) is 12.3 Å². The van der Waals surface area contributed by atoms with Gasteiger partial charge in [-0.15, -0.1) is 0 Å². The summed E-state index contributed by atoms with van der Waals surface area (Å²) in [5.74, 6) is 0.338. The first kappa shape index (κ1) is 24.5. The monoisotopic (exact) mass is 477 g/mol. The van der Waals surface area contributed by atoms with Crippen LogP contribution in [0.2, 0.25) is 0 Å². The molecule has 0 aliphatic carbocycles. The third kappa shape index (κ3) is 6.21. The van der Waals surface area contributed by atoms with E-state index in [0.29, 0.717) is 35.3 Å². The van der Waals surface area contributed by atoms with Crippen molar-refractivity contribution in [3.8, 4) is 11.5 Å². The van der Waals surface area contributed by atoms with E-state index < -0.39 is 28.2 Å². The molecule has 0 atom stereocenters. The van der Waals surface area contributed by atoms with Crippen molar-refractivity contribution in [2.75, 3.05) is 12.0 Å². The summed E-state index contributed by atoms with van der Waals surface area (Å²) in [7, 11) is 0. The van der Waals surface area contributed by atoms with Crippen LogP contribution in [0, 0.1) is 15.9 Å². The topological polar surface area (TPSA) is 86.0 Å². The van der Waals surface area contributed by atoms with Gasteiger partial charge in [-0.25, -0.2) is 4.39 Å². The summed E-state index contributed by atoms with van der Waals surface area (Å²) < 4.78 is 63.5. The van der Waals surface area contributed by atoms with Crippen LogP contribution in [-0.2, 0) is 12.8 Å². The molecule has 1 N–H and O–H groups in total. The van der Waals surface area contributed by atoms with Gasteiger partial charge in [0, 0.05) is 11.6 Å². The van der Waals surface area contributed by atoms with Crippen LogP contribution in [0.15, 0.2) is 65.8 Å². The van der Waals surface area contributed by atoms with Crippen molar-refractivity contribution in [1.29, 1.82) is 0 Å². The second-order valence-corrected chi connectivity index (χ2v) is 6.88. The number of halogens is 4. The molecule has 3 rings (SSSR count). The molecule has 0 saturated carbocycles. The van der Waals surface area contributed by atoms with Crippen molar-refractivity contribution in [1.82, 2.24) is 0 Å². The highest BCUT2D eigenvalue weighted by molar-refractivity contribution is 5.82. The van der Waals surface area contributed by atoms with E-state index in [0.717, 1.165) is 12.1 Å². The zero-order valence-electron chi connectivity index (χ0n) is 17.8. The number of nitro benzene ring substituents is 1. The van der Waals surface area contributed by atoms with E-state index in [9.17, 15) is 27.7 Å². The fraction of sp³-hybridized carbons (Fsp3) is 0.174. The molecule has 3 aromatic rings. The highest BCUT2D eigenvalue weighted by Gasteiger charge is 2.33. The molecule has 34 heavy (non-hydrogen) atoms. The molecule has 0 heterocycles. The SMILES string of the molecule is CCOc1cc(/C=N\Nc2ccc(C(F)(F)F)cc2[N+](=O)[O-])ccc1OCc1ccccc1F. The standard InChI is InChI=1S/C23H19F4N3O4/c1-2-33-22-11-15(7-10-21(22)34-14-16-5-3-4-6-18(16)24)13-28-29-19-9-8-17(23(25,26)27)12-20(19)30(31)32/h3-13,29H,2,14H2,1H3/b28-13-. The van der Waals surface area contributed by atoms with E-state index >= 15 is 0 Å². The van der Waals surface area contributed by atoms with E-state index in [1.165, 1.54) is 12.3 Å². The summed E-state index contributed by atoms with van der Waals surface area (Å²) in [5, 5.41) is 15.0. The van der Waals surface area contributed by atoms with Gasteiger partial charge in [-0.1, -0.05) is 18.2 Å². The Morgan fingerprint density at radius 2 is 1.82 bits per heavy atom. The van der Waals surface area contributed by atoms with Gasteiger partial charge in [0.2, 0.25) is 0 Å². The van der Waals surface area contributed by atoms with Crippen LogP contribution in [0.4, 0.5) is 28.9 Å². The average Bonchev–Trinajstić information content (AvgIpc) is 2.79. The summed E-state index contributed by atoms with van der Waals surface area (Å²) in [5.41, 5.74) is 1.17. The maximum absolute atomic E-state index is 13.8. The lowest BCUT2D eigenvalue weighted by Gasteiger charge is -2.13. The molecule has 7 nitrogen and oxygen atoms in total. The third-order valence-corrected chi connectivity index (χ3v) is 4.53. The minimum Gasteiger partial charge on any atom is -0.490 e. The molecule has 0 fully saturated rings. The lowest BCUT2D eigenvalue weighted by Crippen LogP contribution is -2.06. The number of nitro groups is 1. The van der Waals surface area contributed by atoms with Gasteiger partial charge >= 0.3 is 6.18 Å². The number of hydrazone groups is 1. The van der Waals surface area contributed by atoms with Crippen LogP contribution in [0.1, 0.15) is 23.6 Å². The van der Waals surface area contributed by atoms with Crippen LogP contribution in [0.25, 0.3) is 0 Å². The first-order valence-corrected chi connectivity index (χ1v) is 9.96. The Morgan fingerprint density at radius 1 is 1.06 bits per heavy atom. The molecule has 0 unspecified atom stereocenters. The normalized spacial score (nSPS) is 11.4. The Labute approximate surface area is 191 Å². The Morgan fingerprint density at radius 3 is 2.50 bits per heavy atom. The number of alkyl halides is 3. The number of ether oxygens (including phenoxy) is 2. The quantitative estimate of drug-likeness (QED) is 0.172. The van der Waals surface area contributed by atoms with E-state index in [2.05, 4.69) is 10.5 Å². The third-order valence-electron chi connectivity index (χ3n) is 4.53. The van der Waals surface area contributed by atoms with E-state index in [4.69, 9.17) is 9.47 Å². The zero-order chi connectivity index (χ0) is 24.7. The maximum Gasteiger partial charge on any atom is 0.416 e. The molecule has 0 spiro atoms. The van der Waals surface area contributed by atoms with Gasteiger partial charge in [-0.3, -0.25) is 15.5 Å². The van der Waals surface area contributed by atoms with Crippen LogP contribution in [0.5, 0.6) is 11.5 Å². The fourth-order valence-corrected chi connectivity index (χ4v) is 2.89. The molecular weight excluding hydrogens is 458 g/mol. The van der Waals surface area contributed by atoms with Gasteiger partial charge in [-0.05, 0) is 48.9 Å². The predicted molar refractivity (Wildman–Crippen MR) is 118 cm³/mol. The molecule has 0 radical (unpaired) electrons. The smallest absolute Gasteiger partial charge is 0.416 e. The van der Waals surface area contributed by atoms with Crippen LogP contribution < -0.4 is 14.9 Å². The minimum absolute atomic E-state index is 0.0146. The molecule has 0 amide bonds. The fourth-order valence-electron chi connectivity index (χ4n) is 2.89. The number of rotatable bonds is 9. The first-order chi connectivity index (χ1) is 16.2. The minimum atomic E-state index is -4.71. The molecule has 0 aliphatic heterocycles. The summed E-state index contributed by atoms with van der Waals surface area (Å²) in [4.78, 5) is 10.2. The second kappa shape index (κ2) is 10.6. The van der Waals surface area contributed by atoms with Crippen LogP contribution in [-0.4, -0.2) is 17.7 Å². The van der Waals surface area contributed by atoms with Crippen molar-refractivity contribution in [2.24, 2.45) is 5.10 Å². The number of anilines is 1. The Hall–Kier alpha value is -4.15. The lowest BCUT2D eigenvalue weighted by molar-refractivity contribution is -0.384. The van der Waals surface area contributed by atoms with Crippen LogP contribution >= 0.6 is 0 Å². The number of nitrogens with zero attached hydrogens (tertiary/aromatic N) is 2. The van der Waals surface area contributed by atoms with Crippen molar-refractivity contribution >= 4 is 17.6 Å². The number of nitrogens with one attached hydrogen (secondary N) is 1. The molecule has 0 saturated heterocycles. The summed E-state index contributed by atoms with van der Waals surface area (Å²) in [6, 6.07) is 13.1. The summed E-state index contributed by atoms with van der Waals surface area (Å²) >= 11 is 0. The molecule has 0 aromatic heterocycles. The van der Waals surface area contributed by atoms with Crippen molar-refractivity contribution < 1.29 is 32.0 Å². The van der Waals surface area contributed by atoms with Crippen LogP contribution in [0.3, 0.4) is 0 Å². The maximum atomic E-state index is 13.8. The largest absolute Gasteiger partial charge is 0.490 e. The summed E-state index contributed by atoms with van der Waals surface area (Å²) in [6.45, 7) is 2.08. The van der Waals surface area contributed by atoms with Crippen molar-refractivity contribution in [2.45, 2.75) is 19.7 Å². The predicted octanol–water partition coefficient (Wildman–Crippen LogP) is 6.18. The molecule has 3 aromatic carbocycles. The zero-order valence-corrected chi connectivity index (χ0v) is 17.8. The van der Waals surface area contributed by atoms with Crippen molar-refractivity contribution in [3.05, 3.63) is 93.3 Å². The van der Waals surface area contributed by atoms with Gasteiger partial charge in [0.1, 0.15) is 18.1 Å². The van der Waals surface area contributed by atoms with Gasteiger partial charge in [0.05, 0.1) is 23.3 Å². The highest BCUT2D eigenvalue weighted by Crippen LogP contribution is 2.35. The first-order valence-electron chi connectivity index (χ1n) is 9.96. The Kier molecular flexibility index (Phi) is 7.67. The number of hydrogen-bond donors (Lipinski definition) is 1. The molecule has 11 heteroatoms. The average molecular weight is 477 g/mol. The molecular formula is C23H19F4N3O4. The number of benzene rings is 3. The van der Waals surface area contributed by atoms with Gasteiger partial charge in [0.15, 0.2) is 11.5 Å². The van der Waals surface area contributed by atoms with E-state index in [1.807, 2.05) is 0 Å². The summed E-state index contributed by atoms with van der Waals surface area (Å²) in [6.07, 6.45) is -3.40. The van der Waals surface area contributed by atoms with Gasteiger partial charge in [0.25, 0.3) is 5.69 Å². The van der Waals surface area contributed by atoms with Gasteiger partial charge in [-0.2, -0.15) is 18.3 Å². The lowest BCUT2D eigenvalue weighted by atomic mass is 10.1. The second-order valence-electron chi connectivity index (χ2n) is 6.88. The Bertz CT molecular complexity index is 1200. The highest BCUT2D eigenvalue weighted by atomic mass is 19.4. The van der Waals surface area contributed by atoms with Crippen molar-refractivity contribution in [3.63, 3.8) is 0 Å². The van der Waals surface area contributed by atoms with Gasteiger partial charge < -0.3 is 9.47 Å². The molecule has 0 aliphatic rings. The molecule has 178 valence electrons. The number of hydrogen-bond acceptors (Lipinski definition) is 6. The molecule has 0 bridgehead atoms. The Balaban J connectivity index is 1.75.